The summed E-state index contributed by atoms with van der Waals surface area (Å²) in [6.07, 6.45) is 1.64. The predicted octanol–water partition coefficient (Wildman–Crippen LogP) is 4.90. The monoisotopic (exact) mass is 423 g/mol. The summed E-state index contributed by atoms with van der Waals surface area (Å²) < 4.78 is 25.7. The van der Waals surface area contributed by atoms with Crippen LogP contribution in [-0.4, -0.2) is 13.7 Å². The van der Waals surface area contributed by atoms with Crippen molar-refractivity contribution >= 4 is 34.2 Å². The van der Waals surface area contributed by atoms with Gasteiger partial charge in [-0.25, -0.2) is 4.39 Å². The zero-order valence-corrected chi connectivity index (χ0v) is 14.9. The topological polar surface area (TPSA) is 42.2 Å². The molecule has 0 amide bonds. The second-order valence-corrected chi connectivity index (χ2v) is 5.78. The molecule has 0 bridgehead atoms. The van der Waals surface area contributed by atoms with Crippen LogP contribution in [0.3, 0.4) is 0 Å². The Kier molecular flexibility index (Phi) is 5.99. The lowest BCUT2D eigenvalue weighted by Gasteiger charge is -2.12. The average molecular weight is 423 g/mol. The van der Waals surface area contributed by atoms with Crippen molar-refractivity contribution in [3.63, 3.8) is 0 Å². The van der Waals surface area contributed by atoms with Crippen molar-refractivity contribution in [3.8, 4) is 17.6 Å². The summed E-state index contributed by atoms with van der Waals surface area (Å²) in [7, 11) is 1.58. The van der Waals surface area contributed by atoms with Crippen molar-refractivity contribution in [2.24, 2.45) is 0 Å². The molecule has 0 atom stereocenters. The average Bonchev–Trinajstić information content (AvgIpc) is 2.53. The van der Waals surface area contributed by atoms with Crippen LogP contribution in [0.15, 0.2) is 36.4 Å². The van der Waals surface area contributed by atoms with Gasteiger partial charge in [-0.2, -0.15) is 5.26 Å². The number of benzene rings is 2. The smallest absolute Gasteiger partial charge is 0.174 e. The molecule has 0 aliphatic rings. The number of rotatable bonds is 5. The van der Waals surface area contributed by atoms with Crippen LogP contribution in [0.5, 0.6) is 11.5 Å². The normalized spacial score (nSPS) is 11.0. The lowest BCUT2D eigenvalue weighted by atomic mass is 10.0. The molecule has 2 aromatic rings. The van der Waals surface area contributed by atoms with Crippen LogP contribution in [-0.2, 0) is 0 Å². The van der Waals surface area contributed by atoms with Gasteiger partial charge in [0.1, 0.15) is 5.82 Å². The molecule has 0 unspecified atom stereocenters. The molecule has 5 heteroatoms. The SMILES string of the molecule is CCOc1cc(C=C(C#N)c2ccccc2F)cc(I)c1OC. The number of hydrogen-bond donors (Lipinski definition) is 0. The van der Waals surface area contributed by atoms with E-state index in [1.165, 1.54) is 6.07 Å². The Morgan fingerprint density at radius 1 is 1.35 bits per heavy atom. The Bertz CT molecular complexity index is 781. The number of allylic oxidation sites excluding steroid dienone is 1. The van der Waals surface area contributed by atoms with Gasteiger partial charge in [0, 0.05) is 5.56 Å². The molecule has 2 rings (SSSR count). The Morgan fingerprint density at radius 3 is 2.70 bits per heavy atom. The van der Waals surface area contributed by atoms with E-state index in [9.17, 15) is 9.65 Å². The maximum atomic E-state index is 13.9. The summed E-state index contributed by atoms with van der Waals surface area (Å²) in [6, 6.07) is 11.9. The second-order valence-electron chi connectivity index (χ2n) is 4.62. The third-order valence-corrected chi connectivity index (χ3v) is 3.93. The lowest BCUT2D eigenvalue weighted by molar-refractivity contribution is 0.309. The van der Waals surface area contributed by atoms with E-state index in [1.807, 2.05) is 13.0 Å². The fourth-order valence-electron chi connectivity index (χ4n) is 2.15. The fourth-order valence-corrected chi connectivity index (χ4v) is 2.99. The minimum atomic E-state index is -0.423. The van der Waals surface area contributed by atoms with E-state index in [1.54, 1.807) is 37.5 Å². The van der Waals surface area contributed by atoms with Gasteiger partial charge in [0.05, 0.1) is 28.9 Å². The van der Waals surface area contributed by atoms with Gasteiger partial charge in [-0.05, 0) is 59.4 Å². The quantitative estimate of drug-likeness (QED) is 0.390. The first-order valence-corrected chi connectivity index (χ1v) is 8.05. The summed E-state index contributed by atoms with van der Waals surface area (Å²) in [5.41, 5.74) is 1.28. The number of hydrogen-bond acceptors (Lipinski definition) is 3. The molecule has 0 aliphatic heterocycles. The molecule has 0 saturated heterocycles. The molecule has 0 N–H and O–H groups in total. The van der Waals surface area contributed by atoms with E-state index in [-0.39, 0.29) is 11.1 Å². The molecule has 3 nitrogen and oxygen atoms in total. The summed E-state index contributed by atoms with van der Waals surface area (Å²) in [5.74, 6) is 0.821. The minimum Gasteiger partial charge on any atom is -0.492 e. The fraction of sp³-hybridized carbons (Fsp3) is 0.167. The Balaban J connectivity index is 2.53. The number of methoxy groups -OCH3 is 1. The number of nitriles is 1. The largest absolute Gasteiger partial charge is 0.492 e. The summed E-state index contributed by atoms with van der Waals surface area (Å²) >= 11 is 2.14. The van der Waals surface area contributed by atoms with Gasteiger partial charge in [-0.3, -0.25) is 0 Å². The van der Waals surface area contributed by atoms with Crippen LogP contribution in [0.25, 0.3) is 11.6 Å². The van der Waals surface area contributed by atoms with Crippen molar-refractivity contribution in [1.29, 1.82) is 5.26 Å². The molecular weight excluding hydrogens is 408 g/mol. The molecule has 0 heterocycles. The molecular formula is C18H15FINO2. The van der Waals surface area contributed by atoms with Crippen LogP contribution in [0.1, 0.15) is 18.1 Å². The van der Waals surface area contributed by atoms with Gasteiger partial charge in [0.25, 0.3) is 0 Å². The van der Waals surface area contributed by atoms with Crippen molar-refractivity contribution in [2.75, 3.05) is 13.7 Å². The van der Waals surface area contributed by atoms with Gasteiger partial charge in [0.15, 0.2) is 11.5 Å². The third kappa shape index (κ3) is 4.02. The van der Waals surface area contributed by atoms with Gasteiger partial charge in [-0.1, -0.05) is 18.2 Å². The standard InChI is InChI=1S/C18H15FINO2/c1-3-23-17-10-12(9-16(20)18(17)22-2)8-13(11-21)14-6-4-5-7-15(14)19/h4-10H,3H2,1-2H3. The van der Waals surface area contributed by atoms with Gasteiger partial charge in [-0.15, -0.1) is 0 Å². The van der Waals surface area contributed by atoms with E-state index in [4.69, 9.17) is 9.47 Å². The van der Waals surface area contributed by atoms with E-state index < -0.39 is 5.82 Å². The Labute approximate surface area is 148 Å². The molecule has 0 aromatic heterocycles. The van der Waals surface area contributed by atoms with E-state index in [2.05, 4.69) is 28.7 Å². The third-order valence-electron chi connectivity index (χ3n) is 3.13. The molecule has 0 fully saturated rings. The lowest BCUT2D eigenvalue weighted by Crippen LogP contribution is -1.98. The highest BCUT2D eigenvalue weighted by atomic mass is 127. The van der Waals surface area contributed by atoms with Crippen LogP contribution < -0.4 is 9.47 Å². The van der Waals surface area contributed by atoms with Gasteiger partial charge in [0.2, 0.25) is 0 Å². The van der Waals surface area contributed by atoms with Crippen molar-refractivity contribution < 1.29 is 13.9 Å². The minimum absolute atomic E-state index is 0.256. The molecule has 23 heavy (non-hydrogen) atoms. The Hall–Kier alpha value is -2.07. The zero-order valence-electron chi connectivity index (χ0n) is 12.8. The molecule has 0 radical (unpaired) electrons. The van der Waals surface area contributed by atoms with E-state index >= 15 is 0 Å². The molecule has 0 spiro atoms. The zero-order chi connectivity index (χ0) is 16.8. The van der Waals surface area contributed by atoms with Crippen LogP contribution in [0.4, 0.5) is 4.39 Å². The predicted molar refractivity (Wildman–Crippen MR) is 96.8 cm³/mol. The number of nitrogens with zero attached hydrogens (tertiary/aromatic N) is 1. The van der Waals surface area contributed by atoms with Crippen LogP contribution >= 0.6 is 22.6 Å². The summed E-state index contributed by atoms with van der Waals surface area (Å²) in [6.45, 7) is 2.38. The first kappa shape index (κ1) is 17.3. The first-order chi connectivity index (χ1) is 11.1. The highest BCUT2D eigenvalue weighted by molar-refractivity contribution is 14.1. The van der Waals surface area contributed by atoms with Crippen LogP contribution in [0, 0.1) is 20.7 Å². The van der Waals surface area contributed by atoms with Crippen molar-refractivity contribution in [1.82, 2.24) is 0 Å². The van der Waals surface area contributed by atoms with Gasteiger partial charge < -0.3 is 9.47 Å². The number of halogens is 2. The molecule has 0 aliphatic carbocycles. The summed E-state index contributed by atoms with van der Waals surface area (Å²) in [4.78, 5) is 0. The Morgan fingerprint density at radius 2 is 2.09 bits per heavy atom. The molecule has 0 saturated carbocycles. The molecule has 118 valence electrons. The highest BCUT2D eigenvalue weighted by Crippen LogP contribution is 2.35. The maximum Gasteiger partial charge on any atom is 0.174 e. The summed E-state index contributed by atoms with van der Waals surface area (Å²) in [5, 5.41) is 9.37. The maximum absolute atomic E-state index is 13.9. The van der Waals surface area contributed by atoms with Crippen molar-refractivity contribution in [2.45, 2.75) is 6.92 Å². The van der Waals surface area contributed by atoms with E-state index in [0.717, 1.165) is 9.13 Å². The second kappa shape index (κ2) is 7.97. The van der Waals surface area contributed by atoms with Gasteiger partial charge >= 0.3 is 0 Å². The van der Waals surface area contributed by atoms with Crippen LogP contribution in [0.2, 0.25) is 0 Å². The van der Waals surface area contributed by atoms with E-state index in [0.29, 0.717) is 18.1 Å². The first-order valence-electron chi connectivity index (χ1n) is 6.97. The number of ether oxygens (including phenoxy) is 2. The highest BCUT2D eigenvalue weighted by Gasteiger charge is 2.12. The molecule has 2 aromatic carbocycles. The van der Waals surface area contributed by atoms with Crippen molar-refractivity contribution in [3.05, 3.63) is 56.9 Å².